The van der Waals surface area contributed by atoms with Gasteiger partial charge in [-0.15, -0.1) is 11.3 Å². The van der Waals surface area contributed by atoms with Crippen LogP contribution in [-0.2, 0) is 6.42 Å². The third-order valence-electron chi connectivity index (χ3n) is 4.36. The first-order valence-electron chi connectivity index (χ1n) is 7.11. The van der Waals surface area contributed by atoms with Crippen LogP contribution in [0.4, 0.5) is 0 Å². The summed E-state index contributed by atoms with van der Waals surface area (Å²) in [5.41, 5.74) is 8.11. The summed E-state index contributed by atoms with van der Waals surface area (Å²) in [5, 5.41) is 2.15. The Morgan fingerprint density at radius 1 is 1.05 bits per heavy atom. The van der Waals surface area contributed by atoms with Gasteiger partial charge in [0.05, 0.1) is 0 Å². The normalized spacial score (nSPS) is 27.3. The second-order valence-electron chi connectivity index (χ2n) is 5.80. The molecule has 0 saturated heterocycles. The van der Waals surface area contributed by atoms with E-state index in [0.29, 0.717) is 5.92 Å². The lowest BCUT2D eigenvalue weighted by Gasteiger charge is -2.37. The van der Waals surface area contributed by atoms with Crippen molar-refractivity contribution in [3.05, 3.63) is 58.3 Å². The second-order valence-corrected chi connectivity index (χ2v) is 6.84. The molecule has 1 aromatic carbocycles. The van der Waals surface area contributed by atoms with Gasteiger partial charge in [-0.05, 0) is 55.0 Å². The van der Waals surface area contributed by atoms with E-state index in [2.05, 4.69) is 47.8 Å². The van der Waals surface area contributed by atoms with Crippen LogP contribution in [0.25, 0.3) is 0 Å². The van der Waals surface area contributed by atoms with Gasteiger partial charge in [0.15, 0.2) is 0 Å². The van der Waals surface area contributed by atoms with Crippen molar-refractivity contribution in [3.8, 4) is 0 Å². The minimum Gasteiger partial charge on any atom is -0.325 e. The number of thiophene rings is 1. The molecule has 2 N–H and O–H groups in total. The van der Waals surface area contributed by atoms with Crippen LogP contribution in [0.15, 0.2) is 47.8 Å². The van der Waals surface area contributed by atoms with Crippen molar-refractivity contribution in [2.45, 2.75) is 43.6 Å². The van der Waals surface area contributed by atoms with Gasteiger partial charge in [-0.3, -0.25) is 0 Å². The van der Waals surface area contributed by atoms with Crippen molar-refractivity contribution in [1.29, 1.82) is 0 Å². The van der Waals surface area contributed by atoms with E-state index in [0.717, 1.165) is 19.3 Å². The van der Waals surface area contributed by atoms with Gasteiger partial charge < -0.3 is 5.73 Å². The van der Waals surface area contributed by atoms with Gasteiger partial charge in [0.1, 0.15) is 0 Å². The predicted octanol–water partition coefficient (Wildman–Crippen LogP) is 4.35. The Kier molecular flexibility index (Phi) is 3.72. The molecule has 1 aliphatic carbocycles. The molecule has 0 spiro atoms. The molecule has 100 valence electrons. The maximum Gasteiger partial charge on any atom is 0.0203 e. The second kappa shape index (κ2) is 5.48. The first kappa shape index (κ1) is 12.9. The molecule has 0 aliphatic heterocycles. The third-order valence-corrected chi connectivity index (χ3v) is 5.24. The Labute approximate surface area is 119 Å². The molecule has 1 fully saturated rings. The molecule has 2 heteroatoms. The molecule has 1 aromatic heterocycles. The number of hydrogen-bond donors (Lipinski definition) is 1. The van der Waals surface area contributed by atoms with Crippen molar-refractivity contribution < 1.29 is 0 Å². The average molecular weight is 271 g/mol. The molecule has 2 aromatic rings. The highest BCUT2D eigenvalue weighted by molar-refractivity contribution is 7.09. The van der Waals surface area contributed by atoms with Gasteiger partial charge in [-0.2, -0.15) is 0 Å². The van der Waals surface area contributed by atoms with Gasteiger partial charge in [-0.1, -0.05) is 36.4 Å². The number of nitrogens with two attached hydrogens (primary N) is 1. The molecule has 0 radical (unpaired) electrons. The zero-order valence-electron chi connectivity index (χ0n) is 11.2. The van der Waals surface area contributed by atoms with Crippen molar-refractivity contribution in [2.24, 2.45) is 5.73 Å². The summed E-state index contributed by atoms with van der Waals surface area (Å²) in [5.74, 6) is 0.709. The zero-order valence-corrected chi connectivity index (χ0v) is 12.0. The van der Waals surface area contributed by atoms with Crippen LogP contribution in [0.1, 0.15) is 42.0 Å². The number of hydrogen-bond acceptors (Lipinski definition) is 2. The quantitative estimate of drug-likeness (QED) is 0.882. The number of rotatable bonds is 3. The Morgan fingerprint density at radius 3 is 2.42 bits per heavy atom. The molecular formula is C17H21NS. The number of benzene rings is 1. The third kappa shape index (κ3) is 3.07. The van der Waals surface area contributed by atoms with Crippen LogP contribution in [-0.4, -0.2) is 5.54 Å². The molecule has 1 nitrogen and oxygen atoms in total. The van der Waals surface area contributed by atoms with Crippen molar-refractivity contribution in [2.75, 3.05) is 0 Å². The van der Waals surface area contributed by atoms with Crippen LogP contribution >= 0.6 is 11.3 Å². The smallest absolute Gasteiger partial charge is 0.0203 e. The van der Waals surface area contributed by atoms with E-state index in [1.165, 1.54) is 23.3 Å². The highest BCUT2D eigenvalue weighted by Gasteiger charge is 2.32. The van der Waals surface area contributed by atoms with Gasteiger partial charge in [0, 0.05) is 10.4 Å². The Morgan fingerprint density at radius 2 is 1.79 bits per heavy atom. The molecular weight excluding hydrogens is 250 g/mol. The van der Waals surface area contributed by atoms with E-state index < -0.39 is 0 Å². The zero-order chi connectivity index (χ0) is 13.1. The molecule has 1 heterocycles. The molecule has 19 heavy (non-hydrogen) atoms. The molecule has 0 amide bonds. The Hall–Kier alpha value is -1.12. The molecule has 0 atom stereocenters. The van der Waals surface area contributed by atoms with Crippen LogP contribution in [0, 0.1) is 0 Å². The van der Waals surface area contributed by atoms with E-state index in [1.807, 2.05) is 11.3 Å². The topological polar surface area (TPSA) is 26.0 Å². The van der Waals surface area contributed by atoms with Crippen LogP contribution in [0.3, 0.4) is 0 Å². The minimum atomic E-state index is 0.0239. The van der Waals surface area contributed by atoms with Crippen LogP contribution in [0.5, 0.6) is 0 Å². The van der Waals surface area contributed by atoms with E-state index in [9.17, 15) is 0 Å². The fraction of sp³-hybridized carbons (Fsp3) is 0.412. The largest absolute Gasteiger partial charge is 0.325 e. The van der Waals surface area contributed by atoms with Crippen molar-refractivity contribution >= 4 is 11.3 Å². The lowest BCUT2D eigenvalue weighted by Crippen LogP contribution is -2.44. The first-order valence-corrected chi connectivity index (χ1v) is 7.99. The molecule has 1 aliphatic rings. The van der Waals surface area contributed by atoms with Gasteiger partial charge in [0.25, 0.3) is 0 Å². The predicted molar refractivity (Wildman–Crippen MR) is 82.6 cm³/mol. The molecule has 1 saturated carbocycles. The van der Waals surface area contributed by atoms with Gasteiger partial charge >= 0.3 is 0 Å². The monoisotopic (exact) mass is 271 g/mol. The fourth-order valence-corrected chi connectivity index (χ4v) is 4.05. The minimum absolute atomic E-state index is 0.0239. The highest BCUT2D eigenvalue weighted by Crippen LogP contribution is 2.38. The first-order chi connectivity index (χ1) is 9.25. The summed E-state index contributed by atoms with van der Waals surface area (Å²) in [6.45, 7) is 0. The summed E-state index contributed by atoms with van der Waals surface area (Å²) in [6, 6.07) is 15.2. The molecule has 3 rings (SSSR count). The molecule has 0 unspecified atom stereocenters. The summed E-state index contributed by atoms with van der Waals surface area (Å²) in [7, 11) is 0. The summed E-state index contributed by atoms with van der Waals surface area (Å²) >= 11 is 1.83. The van der Waals surface area contributed by atoms with E-state index in [-0.39, 0.29) is 5.54 Å². The van der Waals surface area contributed by atoms with Gasteiger partial charge in [-0.25, -0.2) is 0 Å². The standard InChI is InChI=1S/C17H21NS/c18-17(13-16-7-4-12-19-16)10-8-15(9-11-17)14-5-2-1-3-6-14/h1-7,12,15H,8-11,13,18H2. The van der Waals surface area contributed by atoms with E-state index in [1.54, 1.807) is 0 Å². The van der Waals surface area contributed by atoms with Crippen molar-refractivity contribution in [1.82, 2.24) is 0 Å². The van der Waals surface area contributed by atoms with Gasteiger partial charge in [0.2, 0.25) is 0 Å². The van der Waals surface area contributed by atoms with Crippen LogP contribution in [0.2, 0.25) is 0 Å². The lowest BCUT2D eigenvalue weighted by atomic mass is 9.73. The maximum atomic E-state index is 6.60. The highest BCUT2D eigenvalue weighted by atomic mass is 32.1. The summed E-state index contributed by atoms with van der Waals surface area (Å²) in [4.78, 5) is 1.43. The van der Waals surface area contributed by atoms with E-state index in [4.69, 9.17) is 5.73 Å². The Balaban J connectivity index is 1.62. The Bertz CT molecular complexity index is 495. The van der Waals surface area contributed by atoms with Crippen molar-refractivity contribution in [3.63, 3.8) is 0 Å². The maximum absolute atomic E-state index is 6.60. The fourth-order valence-electron chi connectivity index (χ4n) is 3.19. The SMILES string of the molecule is NC1(Cc2cccs2)CCC(c2ccccc2)CC1. The van der Waals surface area contributed by atoms with E-state index >= 15 is 0 Å². The average Bonchev–Trinajstić information content (AvgIpc) is 2.93. The van der Waals surface area contributed by atoms with Crippen LogP contribution < -0.4 is 5.73 Å². The lowest BCUT2D eigenvalue weighted by molar-refractivity contribution is 0.272. The molecule has 0 bridgehead atoms. The summed E-state index contributed by atoms with van der Waals surface area (Å²) < 4.78 is 0. The summed E-state index contributed by atoms with van der Waals surface area (Å²) in [6.07, 6.45) is 5.79.